The Morgan fingerprint density at radius 3 is 2.53 bits per heavy atom. The van der Waals surface area contributed by atoms with Gasteiger partial charge in [-0.25, -0.2) is 8.42 Å². The lowest BCUT2D eigenvalue weighted by Crippen LogP contribution is -2.20. The van der Waals surface area contributed by atoms with Gasteiger partial charge < -0.3 is 9.47 Å². The highest BCUT2D eigenvalue weighted by Crippen LogP contribution is 2.35. The van der Waals surface area contributed by atoms with Gasteiger partial charge in [-0.2, -0.15) is 0 Å². The van der Waals surface area contributed by atoms with Gasteiger partial charge in [0.15, 0.2) is 21.3 Å². The fraction of sp³-hybridized carbons (Fsp3) is 0.462. The van der Waals surface area contributed by atoms with Crippen LogP contribution in [0.25, 0.3) is 0 Å². The number of benzene rings is 1. The number of ketones is 1. The van der Waals surface area contributed by atoms with E-state index in [9.17, 15) is 13.2 Å². The highest BCUT2D eigenvalue weighted by Gasteiger charge is 2.34. The third-order valence-corrected chi connectivity index (χ3v) is 5.67. The summed E-state index contributed by atoms with van der Waals surface area (Å²) in [6.07, 6.45) is 0.890. The van der Waals surface area contributed by atoms with Crippen molar-refractivity contribution in [3.8, 4) is 11.5 Å². The van der Waals surface area contributed by atoms with Crippen LogP contribution in [-0.4, -0.2) is 32.7 Å². The van der Waals surface area contributed by atoms with Crippen LogP contribution >= 0.6 is 0 Å². The molecule has 1 aromatic carbocycles. The average molecular weight is 282 g/mol. The molecule has 1 atom stereocenters. The second kappa shape index (κ2) is 4.52. The maximum absolute atomic E-state index is 12.4. The van der Waals surface area contributed by atoms with Gasteiger partial charge in [0, 0.05) is 18.9 Å². The second-order valence-corrected chi connectivity index (χ2v) is 6.98. The van der Waals surface area contributed by atoms with Crippen molar-refractivity contribution in [3.63, 3.8) is 0 Å². The van der Waals surface area contributed by atoms with E-state index in [2.05, 4.69) is 0 Å². The fourth-order valence-corrected chi connectivity index (χ4v) is 4.19. The van der Waals surface area contributed by atoms with Crippen LogP contribution in [0.4, 0.5) is 0 Å². The first-order chi connectivity index (χ1) is 9.07. The summed E-state index contributed by atoms with van der Waals surface area (Å²) in [7, 11) is -3.46. The quantitative estimate of drug-likeness (QED) is 0.819. The van der Waals surface area contributed by atoms with Crippen LogP contribution in [0.5, 0.6) is 11.5 Å². The minimum Gasteiger partial charge on any atom is -0.486 e. The molecule has 19 heavy (non-hydrogen) atoms. The average Bonchev–Trinajstić information content (AvgIpc) is 2.85. The zero-order chi connectivity index (χ0) is 13.5. The summed E-state index contributed by atoms with van der Waals surface area (Å²) >= 11 is 0. The maximum atomic E-state index is 12.4. The summed E-state index contributed by atoms with van der Waals surface area (Å²) < 4.78 is 35.6. The van der Waals surface area contributed by atoms with Crippen LogP contribution in [0, 0.1) is 0 Å². The van der Waals surface area contributed by atoms with Crippen LogP contribution in [0.2, 0.25) is 0 Å². The molecule has 1 aliphatic heterocycles. The molecule has 1 aromatic rings. The first kappa shape index (κ1) is 12.5. The molecule has 102 valence electrons. The Hall–Kier alpha value is -1.56. The number of Topliss-reactive ketones (excluding diaryl/α,β-unsaturated/α-hetero) is 1. The standard InChI is InChI=1S/C13H14O5S/c14-9-1-2-10(7-9)19(15,16)11-3-4-12-13(8-11)18-6-5-17-12/h3-4,8,10H,1-2,5-7H2. The van der Waals surface area contributed by atoms with Crippen molar-refractivity contribution in [2.45, 2.75) is 29.4 Å². The fourth-order valence-electron chi connectivity index (χ4n) is 2.44. The predicted octanol–water partition coefficient (Wildman–Crippen LogP) is 1.35. The minimum atomic E-state index is -3.46. The number of carbonyl (C=O) groups excluding carboxylic acids is 1. The van der Waals surface area contributed by atoms with E-state index in [1.807, 2.05) is 0 Å². The summed E-state index contributed by atoms with van der Waals surface area (Å²) in [6.45, 7) is 0.884. The zero-order valence-corrected chi connectivity index (χ0v) is 11.1. The number of carbonyl (C=O) groups is 1. The van der Waals surface area contributed by atoms with Crippen LogP contribution < -0.4 is 9.47 Å². The lowest BCUT2D eigenvalue weighted by atomic mass is 10.3. The molecule has 1 fully saturated rings. The Bertz CT molecular complexity index is 620. The summed E-state index contributed by atoms with van der Waals surface area (Å²) in [4.78, 5) is 11.5. The smallest absolute Gasteiger partial charge is 0.181 e. The van der Waals surface area contributed by atoms with E-state index in [4.69, 9.17) is 9.47 Å². The highest BCUT2D eigenvalue weighted by atomic mass is 32.2. The van der Waals surface area contributed by atoms with E-state index in [1.54, 1.807) is 6.07 Å². The molecule has 0 bridgehead atoms. The van der Waals surface area contributed by atoms with Crippen molar-refractivity contribution in [2.75, 3.05) is 13.2 Å². The molecular weight excluding hydrogens is 268 g/mol. The van der Waals surface area contributed by atoms with Crippen molar-refractivity contribution in [1.29, 1.82) is 0 Å². The van der Waals surface area contributed by atoms with Gasteiger partial charge in [-0.3, -0.25) is 4.79 Å². The molecule has 0 radical (unpaired) electrons. The van der Waals surface area contributed by atoms with E-state index >= 15 is 0 Å². The molecule has 5 nitrogen and oxygen atoms in total. The summed E-state index contributed by atoms with van der Waals surface area (Å²) in [5.74, 6) is 1.04. The van der Waals surface area contributed by atoms with E-state index in [0.29, 0.717) is 37.6 Å². The Morgan fingerprint density at radius 1 is 1.11 bits per heavy atom. The molecule has 1 aliphatic carbocycles. The minimum absolute atomic E-state index is 0.0196. The molecule has 1 unspecified atom stereocenters. The number of fused-ring (bicyclic) bond motifs is 1. The second-order valence-electron chi connectivity index (χ2n) is 4.75. The van der Waals surface area contributed by atoms with Crippen molar-refractivity contribution in [2.24, 2.45) is 0 Å². The van der Waals surface area contributed by atoms with Gasteiger partial charge in [0.1, 0.15) is 19.0 Å². The topological polar surface area (TPSA) is 69.7 Å². The lowest BCUT2D eigenvalue weighted by molar-refractivity contribution is -0.117. The summed E-state index contributed by atoms with van der Waals surface area (Å²) in [6, 6.07) is 4.62. The van der Waals surface area contributed by atoms with Crippen LogP contribution in [-0.2, 0) is 14.6 Å². The summed E-state index contributed by atoms with van der Waals surface area (Å²) in [5.41, 5.74) is 0. The normalized spacial score (nSPS) is 22.5. The zero-order valence-electron chi connectivity index (χ0n) is 10.3. The van der Waals surface area contributed by atoms with E-state index < -0.39 is 15.1 Å². The highest BCUT2D eigenvalue weighted by molar-refractivity contribution is 7.92. The Balaban J connectivity index is 1.95. The van der Waals surface area contributed by atoms with E-state index in [0.717, 1.165) is 0 Å². The van der Waals surface area contributed by atoms with Gasteiger partial charge in [0.05, 0.1) is 10.1 Å². The van der Waals surface area contributed by atoms with Crippen molar-refractivity contribution in [1.82, 2.24) is 0 Å². The van der Waals surface area contributed by atoms with Gasteiger partial charge in [0.2, 0.25) is 0 Å². The Morgan fingerprint density at radius 2 is 1.84 bits per heavy atom. The van der Waals surface area contributed by atoms with Gasteiger partial charge in [-0.1, -0.05) is 0 Å². The number of sulfone groups is 1. The number of hydrogen-bond donors (Lipinski definition) is 0. The van der Waals surface area contributed by atoms with Crippen molar-refractivity contribution >= 4 is 15.6 Å². The van der Waals surface area contributed by atoms with Crippen molar-refractivity contribution < 1.29 is 22.7 Å². The van der Waals surface area contributed by atoms with E-state index in [1.165, 1.54) is 12.1 Å². The van der Waals surface area contributed by atoms with Crippen LogP contribution in [0.3, 0.4) is 0 Å². The monoisotopic (exact) mass is 282 g/mol. The molecule has 2 aliphatic rings. The first-order valence-electron chi connectivity index (χ1n) is 6.22. The largest absolute Gasteiger partial charge is 0.486 e. The Labute approximate surface area is 111 Å². The van der Waals surface area contributed by atoms with Gasteiger partial charge in [-0.05, 0) is 18.6 Å². The van der Waals surface area contributed by atoms with Crippen LogP contribution in [0.1, 0.15) is 19.3 Å². The predicted molar refractivity (Wildman–Crippen MR) is 67.3 cm³/mol. The van der Waals surface area contributed by atoms with Crippen LogP contribution in [0.15, 0.2) is 23.1 Å². The molecule has 0 amide bonds. The maximum Gasteiger partial charge on any atom is 0.181 e. The molecule has 1 saturated carbocycles. The lowest BCUT2D eigenvalue weighted by Gasteiger charge is -2.19. The van der Waals surface area contributed by atoms with Gasteiger partial charge >= 0.3 is 0 Å². The van der Waals surface area contributed by atoms with E-state index in [-0.39, 0.29) is 17.1 Å². The molecule has 3 rings (SSSR count). The number of hydrogen-bond acceptors (Lipinski definition) is 5. The van der Waals surface area contributed by atoms with Gasteiger partial charge in [-0.15, -0.1) is 0 Å². The molecule has 0 saturated heterocycles. The molecular formula is C13H14O5S. The number of ether oxygens (including phenoxy) is 2. The molecule has 0 aromatic heterocycles. The SMILES string of the molecule is O=C1CCC(S(=O)(=O)c2ccc3c(c2)OCCO3)C1. The number of rotatable bonds is 2. The Kier molecular flexibility index (Phi) is 2.97. The third kappa shape index (κ3) is 2.20. The molecule has 1 heterocycles. The molecule has 0 spiro atoms. The third-order valence-electron chi connectivity index (χ3n) is 3.48. The summed E-state index contributed by atoms with van der Waals surface area (Å²) in [5, 5.41) is -0.595. The molecule has 0 N–H and O–H groups in total. The van der Waals surface area contributed by atoms with Gasteiger partial charge in [0.25, 0.3) is 0 Å². The van der Waals surface area contributed by atoms with Crippen molar-refractivity contribution in [3.05, 3.63) is 18.2 Å². The first-order valence-corrected chi connectivity index (χ1v) is 7.77. The molecule has 6 heteroatoms.